The first kappa shape index (κ1) is 15.7. The molecule has 4 aromatic rings. The average Bonchev–Trinajstić information content (AvgIpc) is 3.25. The molecule has 1 fully saturated rings. The van der Waals surface area contributed by atoms with Crippen molar-refractivity contribution in [2.24, 2.45) is 0 Å². The first-order valence-electron chi connectivity index (χ1n) is 8.95. The van der Waals surface area contributed by atoms with Gasteiger partial charge in [-0.25, -0.2) is 9.97 Å². The van der Waals surface area contributed by atoms with Gasteiger partial charge in [-0.1, -0.05) is 0 Å². The Morgan fingerprint density at radius 3 is 2.78 bits per heavy atom. The molecular formula is C20H18N6O. The third-order valence-electron chi connectivity index (χ3n) is 4.72. The lowest BCUT2D eigenvalue weighted by Crippen LogP contribution is -2.12. The van der Waals surface area contributed by atoms with Gasteiger partial charge in [0.25, 0.3) is 5.91 Å². The van der Waals surface area contributed by atoms with Crippen LogP contribution in [0.4, 0.5) is 5.69 Å². The minimum atomic E-state index is -0.238. The van der Waals surface area contributed by atoms with Crippen LogP contribution in [0.3, 0.4) is 0 Å². The van der Waals surface area contributed by atoms with Crippen LogP contribution in [0.2, 0.25) is 0 Å². The van der Waals surface area contributed by atoms with Crippen LogP contribution in [0, 0.1) is 6.92 Å². The summed E-state index contributed by atoms with van der Waals surface area (Å²) in [7, 11) is 0. The summed E-state index contributed by atoms with van der Waals surface area (Å²) < 4.78 is 1.84. The third kappa shape index (κ3) is 3.08. The van der Waals surface area contributed by atoms with E-state index in [2.05, 4.69) is 25.5 Å². The van der Waals surface area contributed by atoms with E-state index >= 15 is 0 Å². The van der Waals surface area contributed by atoms with Gasteiger partial charge in [0.1, 0.15) is 17.2 Å². The number of aromatic nitrogens is 5. The van der Waals surface area contributed by atoms with Crippen LogP contribution in [-0.2, 0) is 0 Å². The summed E-state index contributed by atoms with van der Waals surface area (Å²) in [6.07, 6.45) is 5.99. The number of nitrogens with zero attached hydrogens (tertiary/aromatic N) is 4. The SMILES string of the molecule is Cc1ccn2cc(C(=O)Nc3ccc(-c4n[nH]c(C5CC5)n4)cc3)nc2c1. The zero-order valence-corrected chi connectivity index (χ0v) is 14.8. The van der Waals surface area contributed by atoms with Crippen LogP contribution in [-0.4, -0.2) is 30.5 Å². The van der Waals surface area contributed by atoms with Crippen LogP contribution in [0.25, 0.3) is 17.0 Å². The smallest absolute Gasteiger partial charge is 0.275 e. The van der Waals surface area contributed by atoms with E-state index in [1.807, 2.05) is 53.9 Å². The van der Waals surface area contributed by atoms with Crippen LogP contribution in [0.15, 0.2) is 48.8 Å². The number of rotatable bonds is 4. The van der Waals surface area contributed by atoms with Crippen molar-refractivity contribution in [3.63, 3.8) is 0 Å². The fourth-order valence-corrected chi connectivity index (χ4v) is 3.03. The summed E-state index contributed by atoms with van der Waals surface area (Å²) in [4.78, 5) is 21.4. The number of hydrogen-bond donors (Lipinski definition) is 2. The maximum atomic E-state index is 12.5. The van der Waals surface area contributed by atoms with Crippen molar-refractivity contribution in [3.05, 3.63) is 65.9 Å². The summed E-state index contributed by atoms with van der Waals surface area (Å²) in [5.41, 5.74) is 3.86. The second-order valence-electron chi connectivity index (χ2n) is 6.95. The lowest BCUT2D eigenvalue weighted by Gasteiger charge is -2.03. The number of aryl methyl sites for hydroxylation is 1. The number of imidazole rings is 1. The van der Waals surface area contributed by atoms with Gasteiger partial charge in [-0.2, -0.15) is 5.10 Å². The van der Waals surface area contributed by atoms with Crippen molar-refractivity contribution < 1.29 is 4.79 Å². The highest BCUT2D eigenvalue weighted by molar-refractivity contribution is 6.03. The lowest BCUT2D eigenvalue weighted by atomic mass is 10.2. The number of benzene rings is 1. The molecule has 7 nitrogen and oxygen atoms in total. The Bertz CT molecular complexity index is 1140. The van der Waals surface area contributed by atoms with Crippen molar-refractivity contribution in [1.82, 2.24) is 24.6 Å². The molecule has 1 amide bonds. The number of amides is 1. The van der Waals surface area contributed by atoms with E-state index in [0.717, 1.165) is 22.6 Å². The number of carbonyl (C=O) groups is 1. The number of anilines is 1. The Labute approximate surface area is 155 Å². The molecule has 2 N–H and O–H groups in total. The molecule has 134 valence electrons. The molecule has 0 bridgehead atoms. The molecule has 5 rings (SSSR count). The summed E-state index contributed by atoms with van der Waals surface area (Å²) in [5.74, 6) is 1.95. The van der Waals surface area contributed by atoms with Crippen LogP contribution >= 0.6 is 0 Å². The predicted molar refractivity (Wildman–Crippen MR) is 102 cm³/mol. The number of H-pyrrole nitrogens is 1. The van der Waals surface area contributed by atoms with Gasteiger partial charge < -0.3 is 9.72 Å². The van der Waals surface area contributed by atoms with Crippen molar-refractivity contribution in [3.8, 4) is 11.4 Å². The van der Waals surface area contributed by atoms with E-state index in [0.29, 0.717) is 23.1 Å². The van der Waals surface area contributed by atoms with Gasteiger partial charge in [0.05, 0.1) is 0 Å². The van der Waals surface area contributed by atoms with Crippen molar-refractivity contribution >= 4 is 17.2 Å². The highest BCUT2D eigenvalue weighted by Crippen LogP contribution is 2.38. The number of nitrogens with one attached hydrogen (secondary N) is 2. The molecule has 0 spiro atoms. The van der Waals surface area contributed by atoms with Gasteiger partial charge in [-0.3, -0.25) is 9.89 Å². The van der Waals surface area contributed by atoms with E-state index in [9.17, 15) is 4.79 Å². The fraction of sp³-hybridized carbons (Fsp3) is 0.200. The molecule has 3 aromatic heterocycles. The van der Waals surface area contributed by atoms with Crippen molar-refractivity contribution in [1.29, 1.82) is 0 Å². The fourth-order valence-electron chi connectivity index (χ4n) is 3.03. The minimum Gasteiger partial charge on any atom is -0.321 e. The maximum Gasteiger partial charge on any atom is 0.275 e. The minimum absolute atomic E-state index is 0.238. The monoisotopic (exact) mass is 358 g/mol. The average molecular weight is 358 g/mol. The first-order chi connectivity index (χ1) is 13.2. The highest BCUT2D eigenvalue weighted by Gasteiger charge is 2.27. The summed E-state index contributed by atoms with van der Waals surface area (Å²) >= 11 is 0. The van der Waals surface area contributed by atoms with Gasteiger partial charge in [0.15, 0.2) is 5.82 Å². The standard InChI is InChI=1S/C20H18N6O/c1-12-8-9-26-11-16(22-17(26)10-12)20(27)21-15-6-4-14(5-7-15)19-23-18(24-25-19)13-2-3-13/h4-11,13H,2-3H2,1H3,(H,21,27)(H,23,24,25). The Morgan fingerprint density at radius 2 is 2.00 bits per heavy atom. The summed E-state index contributed by atoms with van der Waals surface area (Å²) in [6, 6.07) is 11.4. The Kier molecular flexibility index (Phi) is 3.53. The zero-order chi connectivity index (χ0) is 18.4. The molecule has 0 unspecified atom stereocenters. The maximum absolute atomic E-state index is 12.5. The molecule has 1 aromatic carbocycles. The van der Waals surface area contributed by atoms with Crippen LogP contribution in [0.5, 0.6) is 0 Å². The first-order valence-corrected chi connectivity index (χ1v) is 8.95. The largest absolute Gasteiger partial charge is 0.321 e. The molecule has 0 atom stereocenters. The molecule has 1 saturated carbocycles. The second kappa shape index (κ2) is 6.05. The van der Waals surface area contributed by atoms with E-state index in [-0.39, 0.29) is 5.91 Å². The Hall–Kier alpha value is -3.48. The molecule has 0 aliphatic heterocycles. The second-order valence-corrected chi connectivity index (χ2v) is 6.95. The Morgan fingerprint density at radius 1 is 1.19 bits per heavy atom. The summed E-state index contributed by atoms with van der Waals surface area (Å²) in [6.45, 7) is 2.00. The van der Waals surface area contributed by atoms with Gasteiger partial charge >= 0.3 is 0 Å². The molecule has 7 heteroatoms. The molecular weight excluding hydrogens is 340 g/mol. The third-order valence-corrected chi connectivity index (χ3v) is 4.72. The van der Waals surface area contributed by atoms with E-state index in [4.69, 9.17) is 0 Å². The van der Waals surface area contributed by atoms with Gasteiger partial charge in [-0.15, -0.1) is 0 Å². The van der Waals surface area contributed by atoms with Gasteiger partial charge in [0, 0.05) is 29.6 Å². The predicted octanol–water partition coefficient (Wildman–Crippen LogP) is 3.56. The zero-order valence-electron chi connectivity index (χ0n) is 14.8. The Balaban J connectivity index is 1.32. The number of carbonyl (C=O) groups excluding carboxylic acids is 1. The van der Waals surface area contributed by atoms with Crippen LogP contribution < -0.4 is 5.32 Å². The number of hydrogen-bond acceptors (Lipinski definition) is 4. The normalized spacial score (nSPS) is 13.8. The molecule has 0 radical (unpaired) electrons. The van der Waals surface area contributed by atoms with Gasteiger partial charge in [0.2, 0.25) is 0 Å². The topological polar surface area (TPSA) is 88.0 Å². The lowest BCUT2D eigenvalue weighted by molar-refractivity contribution is 0.102. The van der Waals surface area contributed by atoms with E-state index in [1.165, 1.54) is 12.8 Å². The summed E-state index contributed by atoms with van der Waals surface area (Å²) in [5, 5.41) is 10.2. The van der Waals surface area contributed by atoms with Crippen molar-refractivity contribution in [2.45, 2.75) is 25.7 Å². The number of fused-ring (bicyclic) bond motifs is 1. The van der Waals surface area contributed by atoms with Crippen molar-refractivity contribution in [2.75, 3.05) is 5.32 Å². The van der Waals surface area contributed by atoms with E-state index in [1.54, 1.807) is 6.20 Å². The molecule has 1 aliphatic rings. The van der Waals surface area contributed by atoms with Crippen LogP contribution in [0.1, 0.15) is 40.6 Å². The number of aromatic amines is 1. The molecule has 27 heavy (non-hydrogen) atoms. The molecule has 1 aliphatic carbocycles. The molecule has 3 heterocycles. The van der Waals surface area contributed by atoms with Gasteiger partial charge in [-0.05, 0) is 61.7 Å². The molecule has 0 saturated heterocycles. The number of pyridine rings is 1. The highest BCUT2D eigenvalue weighted by atomic mass is 16.1. The quantitative estimate of drug-likeness (QED) is 0.584. The van der Waals surface area contributed by atoms with E-state index < -0.39 is 0 Å².